The molecule has 2 amide bonds. The summed E-state index contributed by atoms with van der Waals surface area (Å²) in [5, 5.41) is 2.75. The highest BCUT2D eigenvalue weighted by Gasteiger charge is 2.25. The van der Waals surface area contributed by atoms with Crippen molar-refractivity contribution >= 4 is 11.8 Å². The van der Waals surface area contributed by atoms with Gasteiger partial charge in [-0.3, -0.25) is 9.59 Å². The van der Waals surface area contributed by atoms with Gasteiger partial charge in [0.25, 0.3) is 0 Å². The molecule has 0 saturated heterocycles. The maximum atomic E-state index is 13.2. The highest BCUT2D eigenvalue weighted by Crippen LogP contribution is 2.32. The number of hydrogen-bond donors (Lipinski definition) is 1. The first-order valence-corrected chi connectivity index (χ1v) is 9.68. The predicted molar refractivity (Wildman–Crippen MR) is 106 cm³/mol. The van der Waals surface area contributed by atoms with Crippen molar-refractivity contribution in [2.45, 2.75) is 39.3 Å². The highest BCUT2D eigenvalue weighted by molar-refractivity contribution is 5.87. The molecule has 2 aromatic rings. The van der Waals surface area contributed by atoms with Gasteiger partial charge in [-0.05, 0) is 55.7 Å². The molecular weight excluding hydrogens is 375 g/mol. The van der Waals surface area contributed by atoms with E-state index in [1.165, 1.54) is 17.0 Å². The minimum atomic E-state index is -0.635. The molecule has 29 heavy (non-hydrogen) atoms. The Morgan fingerprint density at radius 3 is 2.52 bits per heavy atom. The maximum Gasteiger partial charge on any atom is 0.242 e. The van der Waals surface area contributed by atoms with Crippen LogP contribution >= 0.6 is 0 Å². The Kier molecular flexibility index (Phi) is 6.69. The number of carbonyl (C=O) groups excluding carboxylic acids is 2. The van der Waals surface area contributed by atoms with Crippen molar-refractivity contribution in [3.8, 4) is 11.5 Å². The van der Waals surface area contributed by atoms with E-state index in [0.29, 0.717) is 24.5 Å². The molecule has 3 rings (SSSR count). The summed E-state index contributed by atoms with van der Waals surface area (Å²) >= 11 is 0. The van der Waals surface area contributed by atoms with E-state index in [1.54, 1.807) is 19.1 Å². The molecule has 1 N–H and O–H groups in total. The molecule has 1 heterocycles. The quantitative estimate of drug-likeness (QED) is 0.740. The highest BCUT2D eigenvalue weighted by atomic mass is 19.1. The monoisotopic (exact) mass is 400 g/mol. The zero-order valence-corrected chi connectivity index (χ0v) is 16.6. The first kappa shape index (κ1) is 20.6. The molecule has 0 saturated carbocycles. The van der Waals surface area contributed by atoms with Gasteiger partial charge < -0.3 is 19.7 Å². The number of aryl methyl sites for hydroxylation is 1. The molecule has 7 heteroatoms. The lowest BCUT2D eigenvalue weighted by molar-refractivity contribution is -0.140. The van der Waals surface area contributed by atoms with E-state index >= 15 is 0 Å². The Morgan fingerprint density at radius 1 is 1.10 bits per heavy atom. The fourth-order valence-corrected chi connectivity index (χ4v) is 3.18. The maximum absolute atomic E-state index is 13.2. The second-order valence-corrected chi connectivity index (χ2v) is 6.91. The summed E-state index contributed by atoms with van der Waals surface area (Å²) in [4.78, 5) is 26.9. The van der Waals surface area contributed by atoms with Crippen LogP contribution in [0.2, 0.25) is 0 Å². The summed E-state index contributed by atoms with van der Waals surface area (Å²) in [6.07, 6.45) is 0.752. The second kappa shape index (κ2) is 9.41. The van der Waals surface area contributed by atoms with Crippen LogP contribution in [0, 0.1) is 5.82 Å². The summed E-state index contributed by atoms with van der Waals surface area (Å²) in [6, 6.07) is 10.9. The molecule has 1 aliphatic rings. The van der Waals surface area contributed by atoms with Gasteiger partial charge in [0, 0.05) is 19.5 Å². The number of halogens is 1. The van der Waals surface area contributed by atoms with Crippen molar-refractivity contribution in [3.63, 3.8) is 0 Å². The summed E-state index contributed by atoms with van der Waals surface area (Å²) in [5.41, 5.74) is 1.72. The van der Waals surface area contributed by atoms with Gasteiger partial charge in [-0.2, -0.15) is 0 Å². The zero-order valence-electron chi connectivity index (χ0n) is 16.6. The zero-order chi connectivity index (χ0) is 20.8. The molecule has 0 aromatic heterocycles. The van der Waals surface area contributed by atoms with Crippen molar-refractivity contribution in [2.24, 2.45) is 0 Å². The topological polar surface area (TPSA) is 67.9 Å². The molecular formula is C22H25FN2O4. The van der Waals surface area contributed by atoms with E-state index in [-0.39, 0.29) is 37.4 Å². The summed E-state index contributed by atoms with van der Waals surface area (Å²) in [6.45, 7) is 4.45. The number of nitrogens with one attached hydrogen (secondary N) is 1. The van der Waals surface area contributed by atoms with Gasteiger partial charge >= 0.3 is 0 Å². The number of fused-ring (bicyclic) bond motifs is 1. The van der Waals surface area contributed by atoms with Crippen LogP contribution in [0.4, 0.5) is 4.39 Å². The summed E-state index contributed by atoms with van der Waals surface area (Å²) < 4.78 is 23.9. The van der Waals surface area contributed by atoms with Crippen LogP contribution in [0.15, 0.2) is 42.5 Å². The van der Waals surface area contributed by atoms with Crippen LogP contribution in [0.3, 0.4) is 0 Å². The van der Waals surface area contributed by atoms with Gasteiger partial charge in [-0.1, -0.05) is 18.2 Å². The third-order valence-electron chi connectivity index (χ3n) is 4.85. The van der Waals surface area contributed by atoms with Crippen LogP contribution < -0.4 is 14.8 Å². The Morgan fingerprint density at radius 2 is 1.79 bits per heavy atom. The van der Waals surface area contributed by atoms with E-state index in [1.807, 2.05) is 25.1 Å². The molecule has 154 valence electrons. The minimum Gasteiger partial charge on any atom is -0.454 e. The first-order chi connectivity index (χ1) is 14.0. The summed E-state index contributed by atoms with van der Waals surface area (Å²) in [7, 11) is 0. The lowest BCUT2D eigenvalue weighted by Gasteiger charge is -2.28. The van der Waals surface area contributed by atoms with Gasteiger partial charge in [-0.15, -0.1) is 0 Å². The van der Waals surface area contributed by atoms with E-state index in [4.69, 9.17) is 9.47 Å². The molecule has 1 atom stereocenters. The number of nitrogens with zero attached hydrogens (tertiary/aromatic N) is 1. The molecule has 0 radical (unpaired) electrons. The molecule has 1 aliphatic heterocycles. The third-order valence-corrected chi connectivity index (χ3v) is 4.85. The molecule has 1 unspecified atom stereocenters. The SMILES string of the molecule is CCNC(=O)C(C)N(Cc1ccc(F)cc1)C(=O)CCc1ccc2c(c1)OCO2. The largest absolute Gasteiger partial charge is 0.454 e. The first-order valence-electron chi connectivity index (χ1n) is 9.68. The predicted octanol–water partition coefficient (Wildman–Crippen LogP) is 3.04. The minimum absolute atomic E-state index is 0.147. The van der Waals surface area contributed by atoms with E-state index < -0.39 is 6.04 Å². The van der Waals surface area contributed by atoms with E-state index in [9.17, 15) is 14.0 Å². The van der Waals surface area contributed by atoms with Crippen LogP contribution in [0.5, 0.6) is 11.5 Å². The fraction of sp³-hybridized carbons (Fsp3) is 0.364. The molecule has 0 fully saturated rings. The van der Waals surface area contributed by atoms with E-state index in [0.717, 1.165) is 11.1 Å². The Labute approximate surface area is 169 Å². The molecule has 6 nitrogen and oxygen atoms in total. The average Bonchev–Trinajstić information content (AvgIpc) is 3.19. The van der Waals surface area contributed by atoms with Gasteiger partial charge in [0.2, 0.25) is 18.6 Å². The van der Waals surface area contributed by atoms with Crippen molar-refractivity contribution in [3.05, 3.63) is 59.4 Å². The molecule has 0 spiro atoms. The van der Waals surface area contributed by atoms with Crippen LogP contribution in [-0.2, 0) is 22.6 Å². The summed E-state index contributed by atoms with van der Waals surface area (Å²) in [5.74, 6) is 0.666. The Bertz CT molecular complexity index is 870. The van der Waals surface area contributed by atoms with Crippen molar-refractivity contribution < 1.29 is 23.5 Å². The van der Waals surface area contributed by atoms with Crippen LogP contribution in [0.1, 0.15) is 31.4 Å². The Balaban J connectivity index is 1.70. The molecule has 0 aliphatic carbocycles. The molecule has 2 aromatic carbocycles. The number of ether oxygens (including phenoxy) is 2. The number of rotatable bonds is 8. The normalized spacial score (nSPS) is 13.1. The van der Waals surface area contributed by atoms with Gasteiger partial charge in [-0.25, -0.2) is 4.39 Å². The third kappa shape index (κ3) is 5.25. The Hall–Kier alpha value is -3.09. The standard InChI is InChI=1S/C22H25FN2O4/c1-3-24-22(27)15(2)25(13-17-4-8-18(23)9-5-17)21(26)11-7-16-6-10-19-20(12-16)29-14-28-19/h4-6,8-10,12,15H,3,7,11,13-14H2,1-2H3,(H,24,27). The van der Waals surface area contributed by atoms with E-state index in [2.05, 4.69) is 5.32 Å². The molecule has 0 bridgehead atoms. The lowest BCUT2D eigenvalue weighted by atomic mass is 10.1. The van der Waals surface area contributed by atoms with Gasteiger partial charge in [0.1, 0.15) is 11.9 Å². The lowest BCUT2D eigenvalue weighted by Crippen LogP contribution is -2.47. The van der Waals surface area contributed by atoms with Crippen molar-refractivity contribution in [2.75, 3.05) is 13.3 Å². The number of carbonyl (C=O) groups is 2. The second-order valence-electron chi connectivity index (χ2n) is 6.91. The van der Waals surface area contributed by atoms with Crippen LogP contribution in [0.25, 0.3) is 0 Å². The fourth-order valence-electron chi connectivity index (χ4n) is 3.18. The van der Waals surface area contributed by atoms with Gasteiger partial charge in [0.05, 0.1) is 0 Å². The number of likely N-dealkylation sites (N-methyl/N-ethyl adjacent to an activating group) is 1. The number of amides is 2. The number of benzene rings is 2. The van der Waals surface area contributed by atoms with Crippen molar-refractivity contribution in [1.82, 2.24) is 10.2 Å². The van der Waals surface area contributed by atoms with Gasteiger partial charge in [0.15, 0.2) is 11.5 Å². The number of hydrogen-bond acceptors (Lipinski definition) is 4. The van der Waals surface area contributed by atoms with Crippen molar-refractivity contribution in [1.29, 1.82) is 0 Å². The van der Waals surface area contributed by atoms with Crippen LogP contribution in [-0.4, -0.2) is 36.1 Å². The smallest absolute Gasteiger partial charge is 0.242 e. The average molecular weight is 400 g/mol.